The third-order valence-electron chi connectivity index (χ3n) is 3.84. The van der Waals surface area contributed by atoms with Crippen molar-refractivity contribution < 1.29 is 18.3 Å². The molecule has 2 heterocycles. The summed E-state index contributed by atoms with van der Waals surface area (Å²) in [6.45, 7) is 4.37. The average Bonchev–Trinajstić information content (AvgIpc) is 2.70. The molecule has 3 rings (SSSR count). The van der Waals surface area contributed by atoms with Crippen LogP contribution < -0.4 is 15.2 Å². The van der Waals surface area contributed by atoms with E-state index in [1.807, 2.05) is 13.8 Å². The fourth-order valence-electron chi connectivity index (χ4n) is 2.46. The van der Waals surface area contributed by atoms with Crippen LogP contribution in [0.25, 0.3) is 11.3 Å². The number of benzene rings is 1. The molecule has 3 aromatic rings. The lowest BCUT2D eigenvalue weighted by molar-refractivity contribution is 0.0979. The Balaban J connectivity index is 1.75. The number of rotatable bonds is 7. The number of nitrogens with two attached hydrogens (primary N) is 1. The van der Waals surface area contributed by atoms with Crippen molar-refractivity contribution in [2.75, 3.05) is 12.3 Å². The molecule has 0 aliphatic heterocycles. The highest BCUT2D eigenvalue weighted by Crippen LogP contribution is 2.26. The van der Waals surface area contributed by atoms with Crippen molar-refractivity contribution in [2.24, 2.45) is 5.92 Å². The number of carbonyl (C=O) groups excluding carboxylic acids is 1. The smallest absolute Gasteiger partial charge is 0.266 e. The Labute approximate surface area is 177 Å². The molecule has 0 atom stereocenters. The van der Waals surface area contributed by atoms with Crippen molar-refractivity contribution in [3.8, 4) is 17.0 Å². The van der Waals surface area contributed by atoms with Gasteiger partial charge in [-0.25, -0.2) is 14.4 Å². The number of aromatic nitrogens is 2. The van der Waals surface area contributed by atoms with E-state index in [1.54, 1.807) is 24.3 Å². The van der Waals surface area contributed by atoms with E-state index in [-0.39, 0.29) is 17.2 Å². The molecule has 6 nitrogen and oxygen atoms in total. The molecule has 0 aliphatic carbocycles. The standard InChI is InChI=1S/C21H20F2N4O2S/c1-12(2)11-29-15-9-13(8-14(22)10-15)17-7-6-16(20(23)25-17)21(28)27-30-19-5-3-4-18(24)26-19/h3-10,12H,11H2,1-2H3,(H2,24,26)(H,27,28). The van der Waals surface area contributed by atoms with E-state index in [2.05, 4.69) is 14.7 Å². The Morgan fingerprint density at radius 1 is 1.17 bits per heavy atom. The van der Waals surface area contributed by atoms with Crippen molar-refractivity contribution in [1.29, 1.82) is 0 Å². The third kappa shape index (κ3) is 5.66. The van der Waals surface area contributed by atoms with Crippen LogP contribution in [0.5, 0.6) is 5.75 Å². The highest BCUT2D eigenvalue weighted by atomic mass is 32.2. The van der Waals surface area contributed by atoms with Crippen molar-refractivity contribution in [1.82, 2.24) is 14.7 Å². The number of nitrogens with zero attached hydrogens (tertiary/aromatic N) is 2. The van der Waals surface area contributed by atoms with Gasteiger partial charge >= 0.3 is 0 Å². The number of anilines is 1. The second-order valence-corrected chi connectivity index (χ2v) is 7.68. The maximum absolute atomic E-state index is 14.5. The Bertz CT molecular complexity index is 1060. The summed E-state index contributed by atoms with van der Waals surface area (Å²) in [7, 11) is 0. The molecule has 1 amide bonds. The molecule has 30 heavy (non-hydrogen) atoms. The van der Waals surface area contributed by atoms with E-state index in [0.29, 0.717) is 28.8 Å². The van der Waals surface area contributed by atoms with E-state index in [1.165, 1.54) is 24.3 Å². The van der Waals surface area contributed by atoms with Gasteiger partial charge in [-0.3, -0.25) is 9.52 Å². The molecule has 0 saturated heterocycles. The van der Waals surface area contributed by atoms with Crippen LogP contribution in [0, 0.1) is 17.7 Å². The lowest BCUT2D eigenvalue weighted by Gasteiger charge is -2.11. The first-order valence-corrected chi connectivity index (χ1v) is 9.93. The van der Waals surface area contributed by atoms with E-state index < -0.39 is 17.7 Å². The van der Waals surface area contributed by atoms with Gasteiger partial charge in [0.25, 0.3) is 5.91 Å². The van der Waals surface area contributed by atoms with E-state index in [0.717, 1.165) is 11.9 Å². The number of hydrogen-bond acceptors (Lipinski definition) is 6. The summed E-state index contributed by atoms with van der Waals surface area (Å²) < 4.78 is 36.5. The molecule has 0 fully saturated rings. The molecular weight excluding hydrogens is 410 g/mol. The fourth-order valence-corrected chi connectivity index (χ4v) is 3.07. The number of carbonyl (C=O) groups is 1. The van der Waals surface area contributed by atoms with Crippen LogP contribution in [0.2, 0.25) is 0 Å². The van der Waals surface area contributed by atoms with Crippen LogP contribution in [-0.4, -0.2) is 22.5 Å². The predicted molar refractivity (Wildman–Crippen MR) is 112 cm³/mol. The molecule has 0 aliphatic rings. The molecule has 0 radical (unpaired) electrons. The van der Waals surface area contributed by atoms with Crippen LogP contribution in [0.3, 0.4) is 0 Å². The molecule has 1 aromatic carbocycles. The van der Waals surface area contributed by atoms with E-state index in [9.17, 15) is 13.6 Å². The quantitative estimate of drug-likeness (QED) is 0.424. The highest BCUT2D eigenvalue weighted by Gasteiger charge is 2.16. The van der Waals surface area contributed by atoms with E-state index >= 15 is 0 Å². The number of nitrogens with one attached hydrogen (secondary N) is 1. The van der Waals surface area contributed by atoms with Gasteiger partial charge in [-0.1, -0.05) is 19.9 Å². The molecule has 9 heteroatoms. The maximum atomic E-state index is 14.5. The van der Waals surface area contributed by atoms with Crippen molar-refractivity contribution >= 4 is 23.7 Å². The second kappa shape index (κ2) is 9.53. The van der Waals surface area contributed by atoms with Crippen LogP contribution >= 0.6 is 11.9 Å². The zero-order valence-corrected chi connectivity index (χ0v) is 17.2. The van der Waals surface area contributed by atoms with Gasteiger partial charge in [-0.2, -0.15) is 4.39 Å². The topological polar surface area (TPSA) is 90.1 Å². The zero-order valence-electron chi connectivity index (χ0n) is 16.4. The Morgan fingerprint density at radius 3 is 2.67 bits per heavy atom. The largest absolute Gasteiger partial charge is 0.493 e. The van der Waals surface area contributed by atoms with Crippen LogP contribution in [-0.2, 0) is 0 Å². The minimum atomic E-state index is -0.972. The Morgan fingerprint density at radius 2 is 1.97 bits per heavy atom. The van der Waals surface area contributed by atoms with Crippen LogP contribution in [0.1, 0.15) is 24.2 Å². The molecule has 0 bridgehead atoms. The van der Waals surface area contributed by atoms with Crippen LogP contribution in [0.15, 0.2) is 53.6 Å². The van der Waals surface area contributed by atoms with Gasteiger partial charge in [0.15, 0.2) is 0 Å². The minimum absolute atomic E-state index is 0.183. The number of halogens is 2. The van der Waals surface area contributed by atoms with Gasteiger partial charge < -0.3 is 10.5 Å². The summed E-state index contributed by atoms with van der Waals surface area (Å²) in [5, 5.41) is 0.460. The number of amides is 1. The number of ether oxygens (including phenoxy) is 1. The minimum Gasteiger partial charge on any atom is -0.493 e. The summed E-state index contributed by atoms with van der Waals surface area (Å²) in [5.41, 5.74) is 5.87. The number of hydrogen-bond donors (Lipinski definition) is 2. The number of pyridine rings is 2. The van der Waals surface area contributed by atoms with Gasteiger partial charge in [0.1, 0.15) is 22.4 Å². The molecule has 2 aromatic heterocycles. The zero-order chi connectivity index (χ0) is 21.7. The Hall–Kier alpha value is -3.20. The molecule has 156 valence electrons. The van der Waals surface area contributed by atoms with Gasteiger partial charge in [0, 0.05) is 23.6 Å². The fraction of sp³-hybridized carbons (Fsp3) is 0.190. The molecular formula is C21H20F2N4O2S. The monoisotopic (exact) mass is 430 g/mol. The molecule has 0 saturated carbocycles. The highest BCUT2D eigenvalue weighted by molar-refractivity contribution is 7.97. The van der Waals surface area contributed by atoms with Gasteiger partial charge in [0.05, 0.1) is 17.9 Å². The van der Waals surface area contributed by atoms with Crippen molar-refractivity contribution in [2.45, 2.75) is 18.9 Å². The summed E-state index contributed by atoms with van der Waals surface area (Å²) in [5.74, 6) is -1.28. The average molecular weight is 430 g/mol. The van der Waals surface area contributed by atoms with Crippen LogP contribution in [0.4, 0.5) is 14.6 Å². The van der Waals surface area contributed by atoms with Gasteiger partial charge in [-0.15, -0.1) is 0 Å². The SMILES string of the molecule is CC(C)COc1cc(F)cc(-c2ccc(C(=O)NSc3cccc(N)n3)c(F)n2)c1. The predicted octanol–water partition coefficient (Wildman–Crippen LogP) is 4.48. The maximum Gasteiger partial charge on any atom is 0.266 e. The second-order valence-electron chi connectivity index (χ2n) is 6.85. The lowest BCUT2D eigenvalue weighted by atomic mass is 10.1. The number of nitrogen functional groups attached to an aromatic ring is 1. The molecule has 0 spiro atoms. The lowest BCUT2D eigenvalue weighted by Crippen LogP contribution is -2.18. The normalized spacial score (nSPS) is 10.8. The van der Waals surface area contributed by atoms with Crippen molar-refractivity contribution in [3.63, 3.8) is 0 Å². The summed E-state index contributed by atoms with van der Waals surface area (Å²) >= 11 is 0.907. The molecule has 3 N–H and O–H groups in total. The first-order chi connectivity index (χ1) is 14.3. The first kappa shape index (κ1) is 21.5. The van der Waals surface area contributed by atoms with Gasteiger partial charge in [-0.05, 0) is 42.3 Å². The van der Waals surface area contributed by atoms with Gasteiger partial charge in [0.2, 0.25) is 5.95 Å². The van der Waals surface area contributed by atoms with Crippen molar-refractivity contribution in [3.05, 3.63) is 65.9 Å². The third-order valence-corrected chi connectivity index (χ3v) is 4.56. The summed E-state index contributed by atoms with van der Waals surface area (Å²) in [6, 6.07) is 11.8. The van der Waals surface area contributed by atoms with E-state index in [4.69, 9.17) is 10.5 Å². The Kier molecular flexibility index (Phi) is 6.83. The summed E-state index contributed by atoms with van der Waals surface area (Å²) in [6.07, 6.45) is 0. The molecule has 0 unspecified atom stereocenters. The first-order valence-electron chi connectivity index (χ1n) is 9.12. The summed E-state index contributed by atoms with van der Waals surface area (Å²) in [4.78, 5) is 20.1.